The van der Waals surface area contributed by atoms with Crippen LogP contribution in [0.2, 0.25) is 0 Å². The van der Waals surface area contributed by atoms with E-state index in [2.05, 4.69) is 0 Å². The Kier molecular flexibility index (Phi) is 4.35. The molecule has 2 aromatic rings. The van der Waals surface area contributed by atoms with Gasteiger partial charge in [0.05, 0.1) is 5.56 Å². The Hall–Kier alpha value is -1.53. The van der Waals surface area contributed by atoms with Crippen molar-refractivity contribution in [3.63, 3.8) is 0 Å². The summed E-state index contributed by atoms with van der Waals surface area (Å²) in [7, 11) is 0. The van der Waals surface area contributed by atoms with Gasteiger partial charge in [0.2, 0.25) is 0 Å². The third-order valence-corrected chi connectivity index (χ3v) is 3.48. The quantitative estimate of drug-likeness (QED) is 0.917. The smallest absolute Gasteiger partial charge is 0.416 e. The minimum atomic E-state index is -4.38. The predicted molar refractivity (Wildman–Crippen MR) is 72.8 cm³/mol. The summed E-state index contributed by atoms with van der Waals surface area (Å²) in [5, 5.41) is 3.75. The summed E-state index contributed by atoms with van der Waals surface area (Å²) < 4.78 is 43.6. The molecule has 2 unspecified atom stereocenters. The first-order chi connectivity index (χ1) is 9.38. The average molecular weight is 301 g/mol. The number of alkyl halides is 3. The van der Waals surface area contributed by atoms with E-state index in [0.717, 1.165) is 17.7 Å². The van der Waals surface area contributed by atoms with E-state index in [9.17, 15) is 13.2 Å². The van der Waals surface area contributed by atoms with E-state index < -0.39 is 17.8 Å². The zero-order valence-electron chi connectivity index (χ0n) is 10.7. The highest BCUT2D eigenvalue weighted by atomic mass is 32.1. The Balaban J connectivity index is 2.24. The fourth-order valence-electron chi connectivity index (χ4n) is 1.81. The van der Waals surface area contributed by atoms with Gasteiger partial charge in [-0.25, -0.2) is 0 Å². The van der Waals surface area contributed by atoms with Crippen LogP contribution in [0.25, 0.3) is 0 Å². The van der Waals surface area contributed by atoms with E-state index in [1.165, 1.54) is 23.5 Å². The van der Waals surface area contributed by atoms with Crippen molar-refractivity contribution in [2.24, 2.45) is 5.73 Å². The summed E-state index contributed by atoms with van der Waals surface area (Å²) in [5.41, 5.74) is 5.99. The Morgan fingerprint density at radius 1 is 1.25 bits per heavy atom. The van der Waals surface area contributed by atoms with Crippen molar-refractivity contribution in [1.29, 1.82) is 0 Å². The number of hydrogen-bond donors (Lipinski definition) is 1. The van der Waals surface area contributed by atoms with E-state index in [1.807, 2.05) is 16.8 Å². The number of halogens is 3. The van der Waals surface area contributed by atoms with Crippen molar-refractivity contribution < 1.29 is 17.9 Å². The third kappa shape index (κ3) is 3.52. The lowest BCUT2D eigenvalue weighted by atomic mass is 10.1. The van der Waals surface area contributed by atoms with Crippen LogP contribution in [0.1, 0.15) is 24.2 Å². The van der Waals surface area contributed by atoms with Crippen LogP contribution in [0.15, 0.2) is 41.1 Å². The second-order valence-corrected chi connectivity index (χ2v) is 5.26. The number of benzene rings is 1. The molecule has 0 aliphatic heterocycles. The molecule has 2 nitrogen and oxygen atoms in total. The minimum Gasteiger partial charge on any atom is -0.484 e. The van der Waals surface area contributed by atoms with Crippen molar-refractivity contribution in [2.45, 2.75) is 25.2 Å². The third-order valence-electron chi connectivity index (χ3n) is 2.77. The van der Waals surface area contributed by atoms with Gasteiger partial charge in [0.1, 0.15) is 11.9 Å². The molecule has 0 amide bonds. The Labute approximate surface area is 119 Å². The van der Waals surface area contributed by atoms with Crippen LogP contribution in [0, 0.1) is 0 Å². The van der Waals surface area contributed by atoms with E-state index in [0.29, 0.717) is 0 Å². The fourth-order valence-corrected chi connectivity index (χ4v) is 2.49. The zero-order chi connectivity index (χ0) is 14.8. The van der Waals surface area contributed by atoms with Gasteiger partial charge in [-0.15, -0.1) is 0 Å². The first-order valence-corrected chi connectivity index (χ1v) is 6.94. The molecule has 0 bridgehead atoms. The molecule has 0 saturated carbocycles. The van der Waals surface area contributed by atoms with Gasteiger partial charge in [-0.1, -0.05) is 6.07 Å². The van der Waals surface area contributed by atoms with Crippen LogP contribution < -0.4 is 10.5 Å². The van der Waals surface area contributed by atoms with E-state index in [-0.39, 0.29) is 11.8 Å². The van der Waals surface area contributed by atoms with Gasteiger partial charge in [0.15, 0.2) is 0 Å². The van der Waals surface area contributed by atoms with Gasteiger partial charge < -0.3 is 10.5 Å². The van der Waals surface area contributed by atoms with Crippen molar-refractivity contribution >= 4 is 11.3 Å². The number of thiophene rings is 1. The minimum absolute atomic E-state index is 0.160. The topological polar surface area (TPSA) is 35.2 Å². The van der Waals surface area contributed by atoms with E-state index in [1.54, 1.807) is 6.92 Å². The normalized spacial score (nSPS) is 14.8. The summed E-state index contributed by atoms with van der Waals surface area (Å²) in [4.78, 5) is 0. The lowest BCUT2D eigenvalue weighted by Gasteiger charge is -2.22. The molecule has 0 spiro atoms. The maximum absolute atomic E-state index is 12.7. The molecular formula is C14H14F3NOS. The van der Waals surface area contributed by atoms with E-state index >= 15 is 0 Å². The maximum atomic E-state index is 12.7. The van der Waals surface area contributed by atoms with Crippen molar-refractivity contribution in [1.82, 2.24) is 0 Å². The van der Waals surface area contributed by atoms with Crippen molar-refractivity contribution in [3.05, 3.63) is 52.2 Å². The molecule has 0 aliphatic rings. The van der Waals surface area contributed by atoms with Gasteiger partial charge in [-0.2, -0.15) is 24.5 Å². The first kappa shape index (κ1) is 14.9. The van der Waals surface area contributed by atoms with Crippen LogP contribution in [0.3, 0.4) is 0 Å². The van der Waals surface area contributed by atoms with Crippen LogP contribution in [-0.4, -0.2) is 6.04 Å². The molecule has 0 aliphatic carbocycles. The number of ether oxygens (including phenoxy) is 1. The van der Waals surface area contributed by atoms with Gasteiger partial charge in [0.25, 0.3) is 0 Å². The zero-order valence-corrected chi connectivity index (χ0v) is 11.5. The highest BCUT2D eigenvalue weighted by molar-refractivity contribution is 7.07. The van der Waals surface area contributed by atoms with Gasteiger partial charge in [-0.3, -0.25) is 0 Å². The molecule has 6 heteroatoms. The summed E-state index contributed by atoms with van der Waals surface area (Å²) in [6.45, 7) is 1.76. The molecule has 108 valence electrons. The molecule has 20 heavy (non-hydrogen) atoms. The summed E-state index contributed by atoms with van der Waals surface area (Å²) in [5.74, 6) is 0.160. The fraction of sp³-hybridized carbons (Fsp3) is 0.286. The lowest BCUT2D eigenvalue weighted by molar-refractivity contribution is -0.137. The van der Waals surface area contributed by atoms with E-state index in [4.69, 9.17) is 10.5 Å². The standard InChI is InChI=1S/C14H14F3NOS/c1-9(18)13(10-5-6-20-8-10)19-12-4-2-3-11(7-12)14(15,16)17/h2-9,13H,18H2,1H3. The average Bonchev–Trinajstić information content (AvgIpc) is 2.88. The molecular weight excluding hydrogens is 287 g/mol. The molecule has 0 fully saturated rings. The second kappa shape index (κ2) is 5.85. The van der Waals surface area contributed by atoms with Crippen molar-refractivity contribution in [3.8, 4) is 5.75 Å². The summed E-state index contributed by atoms with van der Waals surface area (Å²) >= 11 is 1.49. The number of nitrogens with two attached hydrogens (primary N) is 1. The Morgan fingerprint density at radius 2 is 2.00 bits per heavy atom. The lowest BCUT2D eigenvalue weighted by Crippen LogP contribution is -2.28. The monoisotopic (exact) mass is 301 g/mol. The second-order valence-electron chi connectivity index (χ2n) is 4.48. The van der Waals surface area contributed by atoms with Crippen LogP contribution in [0.4, 0.5) is 13.2 Å². The SMILES string of the molecule is CC(N)C(Oc1cccc(C(F)(F)F)c1)c1ccsc1. The summed E-state index contributed by atoms with van der Waals surface area (Å²) in [6, 6.07) is 6.34. The maximum Gasteiger partial charge on any atom is 0.416 e. The summed E-state index contributed by atoms with van der Waals surface area (Å²) in [6.07, 6.45) is -4.85. The first-order valence-electron chi connectivity index (χ1n) is 5.99. The molecule has 1 heterocycles. The van der Waals surface area contributed by atoms with Gasteiger partial charge in [-0.05, 0) is 41.9 Å². The molecule has 2 atom stereocenters. The van der Waals surface area contributed by atoms with Gasteiger partial charge >= 0.3 is 6.18 Å². The Morgan fingerprint density at radius 3 is 2.55 bits per heavy atom. The Bertz CT molecular complexity index is 552. The van der Waals surface area contributed by atoms with Crippen LogP contribution in [0.5, 0.6) is 5.75 Å². The highest BCUT2D eigenvalue weighted by Gasteiger charge is 2.31. The van der Waals surface area contributed by atoms with Crippen LogP contribution >= 0.6 is 11.3 Å². The number of hydrogen-bond acceptors (Lipinski definition) is 3. The molecule has 2 rings (SSSR count). The number of rotatable bonds is 4. The highest BCUT2D eigenvalue weighted by Crippen LogP contribution is 2.33. The molecule has 1 aromatic heterocycles. The molecule has 0 radical (unpaired) electrons. The molecule has 2 N–H and O–H groups in total. The van der Waals surface area contributed by atoms with Gasteiger partial charge in [0, 0.05) is 11.6 Å². The van der Waals surface area contributed by atoms with Crippen LogP contribution in [-0.2, 0) is 6.18 Å². The molecule has 1 aromatic carbocycles. The molecule has 0 saturated heterocycles. The largest absolute Gasteiger partial charge is 0.484 e. The van der Waals surface area contributed by atoms with Crippen molar-refractivity contribution in [2.75, 3.05) is 0 Å². The predicted octanol–water partition coefficient (Wildman–Crippen LogP) is 4.23.